The van der Waals surface area contributed by atoms with Gasteiger partial charge in [0.2, 0.25) is 0 Å². The Bertz CT molecular complexity index is 533. The molecule has 1 N–H and O–H groups in total. The third kappa shape index (κ3) is 3.43. The number of nitrogens with zero attached hydrogens (tertiary/aromatic N) is 2. The molecule has 0 fully saturated rings. The van der Waals surface area contributed by atoms with Crippen molar-refractivity contribution in [1.82, 2.24) is 9.78 Å². The SMILES string of the molecule is CCCNc1cnn(CCc2ccsc2)c(=O)c1. The summed E-state index contributed by atoms with van der Waals surface area (Å²) in [7, 11) is 0. The van der Waals surface area contributed by atoms with Crippen LogP contribution in [0.1, 0.15) is 18.9 Å². The van der Waals surface area contributed by atoms with E-state index in [9.17, 15) is 4.79 Å². The number of hydrogen-bond donors (Lipinski definition) is 1. The number of hydrogen-bond acceptors (Lipinski definition) is 4. The Kier molecular flexibility index (Phi) is 4.52. The van der Waals surface area contributed by atoms with E-state index >= 15 is 0 Å². The molecule has 0 radical (unpaired) electrons. The molecule has 2 rings (SSSR count). The molecule has 0 aliphatic rings. The molecule has 2 aromatic heterocycles. The van der Waals surface area contributed by atoms with Gasteiger partial charge in [-0.3, -0.25) is 4.79 Å². The van der Waals surface area contributed by atoms with Gasteiger partial charge in [0.25, 0.3) is 5.56 Å². The van der Waals surface area contributed by atoms with Crippen molar-refractivity contribution in [2.75, 3.05) is 11.9 Å². The van der Waals surface area contributed by atoms with E-state index in [4.69, 9.17) is 0 Å². The highest BCUT2D eigenvalue weighted by Gasteiger charge is 2.00. The van der Waals surface area contributed by atoms with Gasteiger partial charge in [0.05, 0.1) is 11.9 Å². The van der Waals surface area contributed by atoms with Gasteiger partial charge in [-0.05, 0) is 35.2 Å². The number of nitrogens with one attached hydrogen (secondary N) is 1. The standard InChI is InChI=1S/C13H17N3OS/c1-2-5-14-12-8-13(17)16(15-9-12)6-3-11-4-7-18-10-11/h4,7-10,14H,2-3,5-6H2,1H3. The molecule has 0 aromatic carbocycles. The van der Waals surface area contributed by atoms with Crippen molar-refractivity contribution in [3.05, 3.63) is 45.0 Å². The zero-order valence-corrected chi connectivity index (χ0v) is 11.2. The monoisotopic (exact) mass is 263 g/mol. The topological polar surface area (TPSA) is 46.9 Å². The lowest BCUT2D eigenvalue weighted by Gasteiger charge is -2.06. The van der Waals surface area contributed by atoms with E-state index < -0.39 is 0 Å². The number of thiophene rings is 1. The van der Waals surface area contributed by atoms with Crippen molar-refractivity contribution in [3.8, 4) is 0 Å². The second-order valence-electron chi connectivity index (χ2n) is 4.11. The summed E-state index contributed by atoms with van der Waals surface area (Å²) in [5, 5.41) is 11.5. The summed E-state index contributed by atoms with van der Waals surface area (Å²) in [6.45, 7) is 3.58. The van der Waals surface area contributed by atoms with Gasteiger partial charge in [-0.2, -0.15) is 16.4 Å². The minimum absolute atomic E-state index is 0.0497. The number of aromatic nitrogens is 2. The van der Waals surface area contributed by atoms with Gasteiger partial charge >= 0.3 is 0 Å². The molecule has 5 heteroatoms. The first kappa shape index (κ1) is 12.8. The zero-order valence-electron chi connectivity index (χ0n) is 10.4. The van der Waals surface area contributed by atoms with Crippen LogP contribution in [-0.2, 0) is 13.0 Å². The first-order valence-electron chi connectivity index (χ1n) is 6.11. The van der Waals surface area contributed by atoms with E-state index in [1.807, 2.05) is 5.38 Å². The molecule has 0 aliphatic carbocycles. The third-order valence-electron chi connectivity index (χ3n) is 2.64. The quantitative estimate of drug-likeness (QED) is 0.870. The molecule has 2 heterocycles. The Morgan fingerprint density at radius 3 is 3.06 bits per heavy atom. The lowest BCUT2D eigenvalue weighted by molar-refractivity contribution is 0.579. The fourth-order valence-corrected chi connectivity index (χ4v) is 2.34. The van der Waals surface area contributed by atoms with Crippen molar-refractivity contribution < 1.29 is 0 Å². The van der Waals surface area contributed by atoms with Crippen molar-refractivity contribution in [2.24, 2.45) is 0 Å². The van der Waals surface area contributed by atoms with Gasteiger partial charge in [0.1, 0.15) is 0 Å². The summed E-state index contributed by atoms with van der Waals surface area (Å²) < 4.78 is 1.51. The average molecular weight is 263 g/mol. The van der Waals surface area contributed by atoms with Crippen molar-refractivity contribution in [1.29, 1.82) is 0 Å². The maximum atomic E-state index is 11.8. The molecule has 0 unspecified atom stereocenters. The second kappa shape index (κ2) is 6.35. The van der Waals surface area contributed by atoms with Crippen LogP contribution < -0.4 is 10.9 Å². The van der Waals surface area contributed by atoms with Crippen LogP contribution in [0.2, 0.25) is 0 Å². The Hall–Kier alpha value is -1.62. The summed E-state index contributed by atoms with van der Waals surface area (Å²) in [5.41, 5.74) is 2.00. The van der Waals surface area contributed by atoms with Gasteiger partial charge in [-0.1, -0.05) is 6.92 Å². The van der Waals surface area contributed by atoms with E-state index in [1.165, 1.54) is 10.2 Å². The fraction of sp³-hybridized carbons (Fsp3) is 0.385. The molecule has 18 heavy (non-hydrogen) atoms. The van der Waals surface area contributed by atoms with Gasteiger partial charge in [-0.15, -0.1) is 0 Å². The van der Waals surface area contributed by atoms with Crippen LogP contribution in [0.3, 0.4) is 0 Å². The van der Waals surface area contributed by atoms with Crippen LogP contribution in [0.5, 0.6) is 0 Å². The summed E-state index contributed by atoms with van der Waals surface area (Å²) in [6, 6.07) is 3.68. The molecule has 0 bridgehead atoms. The van der Waals surface area contributed by atoms with E-state index in [1.54, 1.807) is 23.6 Å². The van der Waals surface area contributed by atoms with Crippen LogP contribution in [0.25, 0.3) is 0 Å². The van der Waals surface area contributed by atoms with Gasteiger partial charge in [0, 0.05) is 19.2 Å². The summed E-state index contributed by atoms with van der Waals surface area (Å²) >= 11 is 1.67. The molecular formula is C13H17N3OS. The molecule has 4 nitrogen and oxygen atoms in total. The molecule has 0 aliphatic heterocycles. The molecular weight excluding hydrogens is 246 g/mol. The summed E-state index contributed by atoms with van der Waals surface area (Å²) in [6.07, 6.45) is 3.59. The summed E-state index contributed by atoms with van der Waals surface area (Å²) in [5.74, 6) is 0. The zero-order chi connectivity index (χ0) is 12.8. The first-order valence-corrected chi connectivity index (χ1v) is 7.06. The molecule has 0 saturated heterocycles. The lowest BCUT2D eigenvalue weighted by atomic mass is 10.2. The highest BCUT2D eigenvalue weighted by Crippen LogP contribution is 2.07. The Balaban J connectivity index is 1.99. The van der Waals surface area contributed by atoms with Crippen LogP contribution >= 0.6 is 11.3 Å². The van der Waals surface area contributed by atoms with Crippen LogP contribution in [0.15, 0.2) is 33.9 Å². The normalized spacial score (nSPS) is 10.5. The smallest absolute Gasteiger partial charge is 0.268 e. The molecule has 0 saturated carbocycles. The van der Waals surface area contributed by atoms with Gasteiger partial charge in [0.15, 0.2) is 0 Å². The van der Waals surface area contributed by atoms with Crippen molar-refractivity contribution in [3.63, 3.8) is 0 Å². The Morgan fingerprint density at radius 2 is 2.39 bits per heavy atom. The number of rotatable bonds is 6. The van der Waals surface area contributed by atoms with Crippen molar-refractivity contribution >= 4 is 17.0 Å². The molecule has 0 atom stereocenters. The molecule has 96 valence electrons. The minimum atomic E-state index is -0.0497. The van der Waals surface area contributed by atoms with E-state index in [0.29, 0.717) is 6.54 Å². The third-order valence-corrected chi connectivity index (χ3v) is 3.37. The lowest BCUT2D eigenvalue weighted by Crippen LogP contribution is -2.23. The summed E-state index contributed by atoms with van der Waals surface area (Å²) in [4.78, 5) is 11.8. The molecule has 0 amide bonds. The Labute approximate surface area is 110 Å². The van der Waals surface area contributed by atoms with Crippen molar-refractivity contribution in [2.45, 2.75) is 26.3 Å². The maximum Gasteiger partial charge on any atom is 0.268 e. The maximum absolute atomic E-state index is 11.8. The predicted molar refractivity (Wildman–Crippen MR) is 75.3 cm³/mol. The largest absolute Gasteiger partial charge is 0.384 e. The number of anilines is 1. The van der Waals surface area contributed by atoms with E-state index in [-0.39, 0.29) is 5.56 Å². The fourth-order valence-electron chi connectivity index (χ4n) is 1.64. The minimum Gasteiger partial charge on any atom is -0.384 e. The van der Waals surface area contributed by atoms with Crippen LogP contribution in [-0.4, -0.2) is 16.3 Å². The van der Waals surface area contributed by atoms with Gasteiger partial charge < -0.3 is 5.32 Å². The molecule has 2 aromatic rings. The number of aryl methyl sites for hydroxylation is 2. The highest BCUT2D eigenvalue weighted by molar-refractivity contribution is 7.07. The highest BCUT2D eigenvalue weighted by atomic mass is 32.1. The predicted octanol–water partition coefficient (Wildman–Crippen LogP) is 2.37. The van der Waals surface area contributed by atoms with E-state index in [2.05, 4.69) is 28.8 Å². The van der Waals surface area contributed by atoms with Crippen LogP contribution in [0.4, 0.5) is 5.69 Å². The van der Waals surface area contributed by atoms with Crippen LogP contribution in [0, 0.1) is 0 Å². The van der Waals surface area contributed by atoms with Gasteiger partial charge in [-0.25, -0.2) is 4.68 Å². The second-order valence-corrected chi connectivity index (χ2v) is 4.89. The first-order chi connectivity index (χ1) is 8.79. The Morgan fingerprint density at radius 1 is 1.50 bits per heavy atom. The van der Waals surface area contributed by atoms with E-state index in [0.717, 1.165) is 25.1 Å². The average Bonchev–Trinajstić information content (AvgIpc) is 2.88. The molecule has 0 spiro atoms.